The topological polar surface area (TPSA) is 119 Å². The number of aliphatic hydroxyl groups is 1. The number of aliphatic hydroxyl groups excluding tert-OH is 1. The number of H-pyrrole nitrogens is 1. The van der Waals surface area contributed by atoms with Gasteiger partial charge < -0.3 is 24.9 Å². The van der Waals surface area contributed by atoms with Gasteiger partial charge in [-0.15, -0.1) is 0 Å². The van der Waals surface area contributed by atoms with E-state index in [1.54, 1.807) is 6.92 Å². The monoisotopic (exact) mass is 411 g/mol. The van der Waals surface area contributed by atoms with Crippen molar-refractivity contribution in [1.82, 2.24) is 14.5 Å². The highest BCUT2D eigenvalue weighted by atomic mass is 16.4. The number of aromatic hydroxyl groups is 1. The van der Waals surface area contributed by atoms with Gasteiger partial charge in [0.2, 0.25) is 0 Å². The van der Waals surface area contributed by atoms with Crippen LogP contribution in [0.4, 0.5) is 0 Å². The first-order valence-corrected chi connectivity index (χ1v) is 9.97. The highest BCUT2D eigenvalue weighted by Crippen LogP contribution is 2.32. The first kappa shape index (κ1) is 20.2. The normalized spacial score (nSPS) is 14.9. The van der Waals surface area contributed by atoms with Crippen molar-refractivity contribution in [2.24, 2.45) is 13.0 Å². The van der Waals surface area contributed by atoms with Gasteiger partial charge in [0.05, 0.1) is 5.69 Å². The molecule has 3 aromatic rings. The number of hydrogen-bond acceptors (Lipinski definition) is 5. The summed E-state index contributed by atoms with van der Waals surface area (Å²) in [4.78, 5) is 28.5. The van der Waals surface area contributed by atoms with E-state index in [-0.39, 0.29) is 6.61 Å². The number of benzene rings is 1. The Labute approximate surface area is 173 Å². The quantitative estimate of drug-likeness (QED) is 0.492. The lowest BCUT2D eigenvalue weighted by molar-refractivity contribution is 0.0465. The van der Waals surface area contributed by atoms with Crippen LogP contribution in [0.25, 0.3) is 22.2 Å². The number of aromatic carboxylic acids is 1. The fourth-order valence-corrected chi connectivity index (χ4v) is 4.28. The van der Waals surface area contributed by atoms with E-state index in [4.69, 9.17) is 0 Å². The molecule has 8 heteroatoms. The van der Waals surface area contributed by atoms with Crippen molar-refractivity contribution in [3.63, 3.8) is 0 Å². The number of carboxylic acids is 1. The van der Waals surface area contributed by atoms with Gasteiger partial charge in [-0.2, -0.15) is 0 Å². The average Bonchev–Trinajstić information content (AvgIpc) is 2.98. The fraction of sp³-hybridized carbons (Fsp3) is 0.364. The highest BCUT2D eigenvalue weighted by molar-refractivity contribution is 5.92. The third-order valence-electron chi connectivity index (χ3n) is 5.96. The van der Waals surface area contributed by atoms with Crippen molar-refractivity contribution in [3.05, 3.63) is 51.4 Å². The molecular weight excluding hydrogens is 386 g/mol. The number of rotatable bonds is 6. The minimum Gasteiger partial charge on any atom is -0.506 e. The van der Waals surface area contributed by atoms with Gasteiger partial charge >= 0.3 is 5.97 Å². The molecule has 0 spiro atoms. The zero-order valence-electron chi connectivity index (χ0n) is 17.0. The van der Waals surface area contributed by atoms with Crippen molar-refractivity contribution >= 4 is 16.9 Å². The standard InChI is InChI=1S/C22H25N3O5/c1-3-16-19(23-21(28)18(20(16)27)22(29)30)13-4-5-17-14(6-13)7-15(24(17)2)10-25-8-12(9-25)11-26/h4-7,12,26H,3,8-11H2,1-2H3,(H,29,30)(H2,23,27,28). The first-order chi connectivity index (χ1) is 14.3. The molecule has 0 atom stereocenters. The number of aryl methyl sites for hydroxylation is 1. The van der Waals surface area contributed by atoms with E-state index in [2.05, 4.69) is 20.5 Å². The largest absolute Gasteiger partial charge is 0.506 e. The van der Waals surface area contributed by atoms with E-state index in [0.717, 1.165) is 36.2 Å². The molecule has 1 saturated heterocycles. The van der Waals surface area contributed by atoms with Crippen molar-refractivity contribution in [3.8, 4) is 17.0 Å². The minimum atomic E-state index is -1.45. The number of pyridine rings is 1. The molecule has 4 N–H and O–H groups in total. The number of carboxylic acid groups (broad SMARTS) is 1. The Morgan fingerprint density at radius 2 is 2.00 bits per heavy atom. The van der Waals surface area contributed by atoms with Gasteiger partial charge in [0, 0.05) is 61.4 Å². The maximum Gasteiger partial charge on any atom is 0.345 e. The van der Waals surface area contributed by atoms with Gasteiger partial charge in [0.1, 0.15) is 5.75 Å². The van der Waals surface area contributed by atoms with Gasteiger partial charge in [-0.1, -0.05) is 13.0 Å². The molecule has 158 valence electrons. The Kier molecular flexibility index (Phi) is 5.13. The number of fused-ring (bicyclic) bond motifs is 1. The van der Waals surface area contributed by atoms with Crippen molar-refractivity contribution in [1.29, 1.82) is 0 Å². The summed E-state index contributed by atoms with van der Waals surface area (Å²) >= 11 is 0. The summed E-state index contributed by atoms with van der Waals surface area (Å²) in [5, 5.41) is 29.8. The summed E-state index contributed by atoms with van der Waals surface area (Å²) in [5.41, 5.74) is 2.28. The number of likely N-dealkylation sites (tertiary alicyclic amines) is 1. The van der Waals surface area contributed by atoms with Crippen LogP contribution in [0.5, 0.6) is 5.75 Å². The lowest BCUT2D eigenvalue weighted by atomic mass is 9.99. The predicted octanol–water partition coefficient (Wildman–Crippen LogP) is 1.92. The maximum absolute atomic E-state index is 12.3. The Morgan fingerprint density at radius 3 is 2.63 bits per heavy atom. The molecule has 8 nitrogen and oxygen atoms in total. The van der Waals surface area contributed by atoms with Gasteiger partial charge in [-0.05, 0) is 30.2 Å². The summed E-state index contributed by atoms with van der Waals surface area (Å²) in [6, 6.07) is 7.86. The van der Waals surface area contributed by atoms with E-state index in [1.807, 2.05) is 25.2 Å². The third-order valence-corrected chi connectivity index (χ3v) is 5.96. The molecule has 1 aromatic carbocycles. The lowest BCUT2D eigenvalue weighted by Gasteiger charge is -2.38. The van der Waals surface area contributed by atoms with Crippen LogP contribution in [-0.2, 0) is 20.0 Å². The molecule has 1 fully saturated rings. The molecule has 2 aromatic heterocycles. The molecule has 0 aliphatic carbocycles. The first-order valence-electron chi connectivity index (χ1n) is 9.97. The molecule has 0 amide bonds. The lowest BCUT2D eigenvalue weighted by Crippen LogP contribution is -2.47. The van der Waals surface area contributed by atoms with Crippen LogP contribution in [0, 0.1) is 5.92 Å². The van der Waals surface area contributed by atoms with E-state index in [0.29, 0.717) is 29.2 Å². The second-order valence-corrected chi connectivity index (χ2v) is 7.90. The highest BCUT2D eigenvalue weighted by Gasteiger charge is 2.26. The average molecular weight is 411 g/mol. The molecule has 4 rings (SSSR count). The number of aromatic amines is 1. The fourth-order valence-electron chi connectivity index (χ4n) is 4.28. The van der Waals surface area contributed by atoms with Crippen molar-refractivity contribution in [2.45, 2.75) is 19.9 Å². The van der Waals surface area contributed by atoms with Crippen LogP contribution >= 0.6 is 0 Å². The minimum absolute atomic E-state index is 0.223. The molecule has 0 bridgehead atoms. The summed E-state index contributed by atoms with van der Waals surface area (Å²) in [5.74, 6) is -1.57. The Morgan fingerprint density at radius 1 is 1.27 bits per heavy atom. The van der Waals surface area contributed by atoms with Gasteiger partial charge in [-0.3, -0.25) is 9.69 Å². The number of hydrogen-bond donors (Lipinski definition) is 4. The molecule has 0 saturated carbocycles. The van der Waals surface area contributed by atoms with E-state index < -0.39 is 22.8 Å². The van der Waals surface area contributed by atoms with E-state index in [1.165, 1.54) is 0 Å². The second kappa shape index (κ2) is 7.62. The Bertz CT molecular complexity index is 1190. The zero-order valence-corrected chi connectivity index (χ0v) is 17.0. The predicted molar refractivity (Wildman–Crippen MR) is 113 cm³/mol. The number of nitrogens with zero attached hydrogens (tertiary/aromatic N) is 2. The third kappa shape index (κ3) is 3.28. The van der Waals surface area contributed by atoms with Crippen LogP contribution in [0.1, 0.15) is 28.5 Å². The number of aromatic nitrogens is 2. The molecule has 1 aliphatic heterocycles. The molecule has 1 aliphatic rings. The van der Waals surface area contributed by atoms with Crippen molar-refractivity contribution in [2.75, 3.05) is 19.7 Å². The zero-order chi connectivity index (χ0) is 21.6. The summed E-state index contributed by atoms with van der Waals surface area (Å²) in [7, 11) is 2.01. The van der Waals surface area contributed by atoms with E-state index in [9.17, 15) is 24.9 Å². The summed E-state index contributed by atoms with van der Waals surface area (Å²) in [6.45, 7) is 4.59. The van der Waals surface area contributed by atoms with Crippen LogP contribution in [0.3, 0.4) is 0 Å². The van der Waals surface area contributed by atoms with Crippen LogP contribution < -0.4 is 5.56 Å². The SMILES string of the molecule is CCc1c(-c2ccc3c(c2)cc(CN2CC(CO)C2)n3C)[nH]c(=O)c(C(=O)O)c1O. The Balaban J connectivity index is 1.74. The van der Waals surface area contributed by atoms with Crippen molar-refractivity contribution < 1.29 is 20.1 Å². The van der Waals surface area contributed by atoms with Crippen LogP contribution in [0.2, 0.25) is 0 Å². The smallest absolute Gasteiger partial charge is 0.345 e. The van der Waals surface area contributed by atoms with Crippen LogP contribution in [-0.4, -0.2) is 55.4 Å². The molecule has 0 unspecified atom stereocenters. The van der Waals surface area contributed by atoms with Crippen LogP contribution in [0.15, 0.2) is 29.1 Å². The van der Waals surface area contributed by atoms with Gasteiger partial charge in [-0.25, -0.2) is 4.79 Å². The number of carbonyl (C=O) groups is 1. The summed E-state index contributed by atoms with van der Waals surface area (Å²) < 4.78 is 2.12. The Hall–Kier alpha value is -3.10. The molecular formula is C22H25N3O5. The molecule has 3 heterocycles. The number of nitrogens with one attached hydrogen (secondary N) is 1. The second-order valence-electron chi connectivity index (χ2n) is 7.90. The van der Waals surface area contributed by atoms with Gasteiger partial charge in [0.25, 0.3) is 5.56 Å². The summed E-state index contributed by atoms with van der Waals surface area (Å²) in [6.07, 6.45) is 0.372. The molecule has 0 radical (unpaired) electrons. The molecule has 30 heavy (non-hydrogen) atoms. The maximum atomic E-state index is 12.3. The van der Waals surface area contributed by atoms with Gasteiger partial charge in [0.15, 0.2) is 5.56 Å². The van der Waals surface area contributed by atoms with E-state index >= 15 is 0 Å².